The molecule has 0 bridgehead atoms. The Morgan fingerprint density at radius 2 is 1.88 bits per heavy atom. The Balaban J connectivity index is 1.49. The number of aromatic amines is 1. The van der Waals surface area contributed by atoms with Crippen molar-refractivity contribution in [3.05, 3.63) is 57.8 Å². The summed E-state index contributed by atoms with van der Waals surface area (Å²) < 4.78 is 14.3. The Hall–Kier alpha value is -2.74. The van der Waals surface area contributed by atoms with Crippen LogP contribution >= 0.6 is 0 Å². The Bertz CT molecular complexity index is 942. The third-order valence-corrected chi connectivity index (χ3v) is 4.59. The molecule has 26 heavy (non-hydrogen) atoms. The number of fused-ring (bicyclic) bond motifs is 1. The minimum atomic E-state index is -0.269. The van der Waals surface area contributed by atoms with Crippen LogP contribution in [0.4, 0.5) is 10.3 Å². The molecule has 0 spiro atoms. The van der Waals surface area contributed by atoms with Crippen LogP contribution in [0.1, 0.15) is 30.5 Å². The molecule has 0 radical (unpaired) electrons. The van der Waals surface area contributed by atoms with Crippen molar-refractivity contribution in [3.8, 4) is 0 Å². The van der Waals surface area contributed by atoms with E-state index in [0.29, 0.717) is 24.8 Å². The Labute approximate surface area is 149 Å². The van der Waals surface area contributed by atoms with Gasteiger partial charge in [0.1, 0.15) is 5.82 Å². The molecule has 7 nitrogen and oxygen atoms in total. The van der Waals surface area contributed by atoms with E-state index in [0.717, 1.165) is 24.3 Å². The number of halogens is 1. The molecular weight excluding hydrogens is 335 g/mol. The number of hydrogen-bond donors (Lipinski definition) is 2. The van der Waals surface area contributed by atoms with E-state index in [4.69, 9.17) is 0 Å². The summed E-state index contributed by atoms with van der Waals surface area (Å²) in [5.74, 6) is 0.537. The van der Waals surface area contributed by atoms with Crippen LogP contribution in [0.25, 0.3) is 5.78 Å². The fraction of sp³-hybridized carbons (Fsp3) is 0.389. The van der Waals surface area contributed by atoms with Gasteiger partial charge in [-0.2, -0.15) is 9.50 Å². The Morgan fingerprint density at radius 3 is 2.65 bits per heavy atom. The molecule has 3 heterocycles. The largest absolute Gasteiger partial charge is 0.351 e. The molecule has 0 amide bonds. The number of nitrogens with one attached hydrogen (secondary N) is 2. The molecule has 3 aromatic rings. The van der Waals surface area contributed by atoms with Crippen LogP contribution in [0.3, 0.4) is 0 Å². The van der Waals surface area contributed by atoms with Gasteiger partial charge < -0.3 is 5.32 Å². The summed E-state index contributed by atoms with van der Waals surface area (Å²) in [6.07, 6.45) is 3.66. The van der Waals surface area contributed by atoms with Crippen molar-refractivity contribution in [2.45, 2.75) is 32.4 Å². The monoisotopic (exact) mass is 356 g/mol. The second-order valence-corrected chi connectivity index (χ2v) is 6.61. The molecule has 1 fully saturated rings. The van der Waals surface area contributed by atoms with Gasteiger partial charge in [-0.15, -0.1) is 0 Å². The summed E-state index contributed by atoms with van der Waals surface area (Å²) in [7, 11) is 0. The van der Waals surface area contributed by atoms with Crippen LogP contribution in [-0.2, 0) is 13.1 Å². The topological polar surface area (TPSA) is 78.3 Å². The van der Waals surface area contributed by atoms with Crippen LogP contribution in [0, 0.1) is 5.82 Å². The fourth-order valence-corrected chi connectivity index (χ4v) is 3.22. The number of nitrogens with zero attached hydrogens (tertiary/aromatic N) is 4. The molecule has 1 saturated heterocycles. The summed E-state index contributed by atoms with van der Waals surface area (Å²) in [5.41, 5.74) is 1.48. The smallest absolute Gasteiger partial charge is 0.274 e. The van der Waals surface area contributed by atoms with Gasteiger partial charge in [0.2, 0.25) is 5.95 Å². The third kappa shape index (κ3) is 3.75. The van der Waals surface area contributed by atoms with E-state index in [9.17, 15) is 9.18 Å². The highest BCUT2D eigenvalue weighted by Gasteiger charge is 2.13. The van der Waals surface area contributed by atoms with Gasteiger partial charge in [0.05, 0.1) is 5.69 Å². The molecule has 8 heteroatoms. The molecule has 0 aliphatic carbocycles. The van der Waals surface area contributed by atoms with Gasteiger partial charge >= 0.3 is 0 Å². The molecule has 136 valence electrons. The zero-order valence-electron chi connectivity index (χ0n) is 14.4. The molecule has 2 N–H and O–H groups in total. The van der Waals surface area contributed by atoms with Crippen molar-refractivity contribution in [3.63, 3.8) is 0 Å². The predicted molar refractivity (Wildman–Crippen MR) is 96.5 cm³/mol. The second-order valence-electron chi connectivity index (χ2n) is 6.61. The lowest BCUT2D eigenvalue weighted by Gasteiger charge is -2.25. The molecule has 4 rings (SSSR count). The molecule has 0 atom stereocenters. The van der Waals surface area contributed by atoms with Gasteiger partial charge in [-0.1, -0.05) is 18.6 Å². The zero-order chi connectivity index (χ0) is 17.9. The maximum Gasteiger partial charge on any atom is 0.274 e. The van der Waals surface area contributed by atoms with Crippen LogP contribution in [-0.4, -0.2) is 37.6 Å². The number of benzene rings is 1. The fourth-order valence-electron chi connectivity index (χ4n) is 3.22. The molecule has 0 saturated carbocycles. The minimum Gasteiger partial charge on any atom is -0.351 e. The zero-order valence-corrected chi connectivity index (χ0v) is 14.4. The standard InChI is InChI=1S/C18H21FN6O/c19-14-6-4-13(5-7-14)11-20-17-22-18-21-15(10-16(26)25(18)23-17)12-24-8-2-1-3-9-24/h4-7,10H,1-3,8-9,11-12H2,(H2,20,21,22,23). The lowest BCUT2D eigenvalue weighted by molar-refractivity contribution is 0.218. The lowest BCUT2D eigenvalue weighted by atomic mass is 10.1. The third-order valence-electron chi connectivity index (χ3n) is 4.59. The number of rotatable bonds is 5. The minimum absolute atomic E-state index is 0.177. The number of H-pyrrole nitrogens is 1. The van der Waals surface area contributed by atoms with Gasteiger partial charge in [0.25, 0.3) is 11.3 Å². The summed E-state index contributed by atoms with van der Waals surface area (Å²) in [6, 6.07) is 7.78. The SMILES string of the molecule is O=c1cc(CN2CCCCC2)nc2nc(NCc3ccc(F)cc3)[nH]n12. The van der Waals surface area contributed by atoms with Crippen molar-refractivity contribution in [1.82, 2.24) is 24.5 Å². The average Bonchev–Trinajstić information content (AvgIpc) is 3.06. The van der Waals surface area contributed by atoms with Crippen LogP contribution in [0.5, 0.6) is 0 Å². The van der Waals surface area contributed by atoms with E-state index in [1.807, 2.05) is 0 Å². The van der Waals surface area contributed by atoms with E-state index >= 15 is 0 Å². The molecule has 1 aliphatic rings. The number of anilines is 1. The van der Waals surface area contributed by atoms with Crippen molar-refractivity contribution in [1.29, 1.82) is 0 Å². The van der Waals surface area contributed by atoms with E-state index in [1.165, 1.54) is 35.9 Å². The predicted octanol–water partition coefficient (Wildman–Crippen LogP) is 2.15. The van der Waals surface area contributed by atoms with E-state index in [1.54, 1.807) is 18.2 Å². The highest BCUT2D eigenvalue weighted by Crippen LogP contribution is 2.12. The molecule has 0 unspecified atom stereocenters. The van der Waals surface area contributed by atoms with Crippen LogP contribution in [0.2, 0.25) is 0 Å². The van der Waals surface area contributed by atoms with Gasteiger partial charge in [0.15, 0.2) is 0 Å². The van der Waals surface area contributed by atoms with Crippen molar-refractivity contribution in [2.75, 3.05) is 18.4 Å². The van der Waals surface area contributed by atoms with E-state index < -0.39 is 0 Å². The Morgan fingerprint density at radius 1 is 1.12 bits per heavy atom. The van der Waals surface area contributed by atoms with Gasteiger partial charge in [0, 0.05) is 19.2 Å². The van der Waals surface area contributed by atoms with Crippen LogP contribution in [0.15, 0.2) is 35.1 Å². The second kappa shape index (κ2) is 7.25. The molecular formula is C18H21FN6O. The summed E-state index contributed by atoms with van der Waals surface area (Å²) in [4.78, 5) is 23.5. The summed E-state index contributed by atoms with van der Waals surface area (Å²) in [5, 5.41) is 6.01. The number of aromatic nitrogens is 4. The number of likely N-dealkylation sites (tertiary alicyclic amines) is 1. The quantitative estimate of drug-likeness (QED) is 0.732. The molecule has 2 aromatic heterocycles. The Kier molecular flexibility index (Phi) is 4.66. The van der Waals surface area contributed by atoms with E-state index in [2.05, 4.69) is 25.3 Å². The lowest BCUT2D eigenvalue weighted by Crippen LogP contribution is -2.30. The molecule has 1 aliphatic heterocycles. The highest BCUT2D eigenvalue weighted by atomic mass is 19.1. The molecule has 1 aromatic carbocycles. The summed E-state index contributed by atoms with van der Waals surface area (Å²) in [6.45, 7) is 3.24. The highest BCUT2D eigenvalue weighted by molar-refractivity contribution is 5.38. The first-order valence-electron chi connectivity index (χ1n) is 8.87. The first-order valence-corrected chi connectivity index (χ1v) is 8.87. The van der Waals surface area contributed by atoms with Crippen molar-refractivity contribution < 1.29 is 4.39 Å². The van der Waals surface area contributed by atoms with Crippen molar-refractivity contribution >= 4 is 11.7 Å². The first kappa shape index (κ1) is 16.7. The summed E-state index contributed by atoms with van der Waals surface area (Å²) >= 11 is 0. The normalized spacial score (nSPS) is 15.4. The van der Waals surface area contributed by atoms with Crippen LogP contribution < -0.4 is 10.9 Å². The number of piperidine rings is 1. The average molecular weight is 356 g/mol. The van der Waals surface area contributed by atoms with Crippen molar-refractivity contribution in [2.24, 2.45) is 0 Å². The van der Waals surface area contributed by atoms with E-state index in [-0.39, 0.29) is 11.4 Å². The number of hydrogen-bond acceptors (Lipinski definition) is 5. The maximum absolute atomic E-state index is 13.0. The maximum atomic E-state index is 13.0. The van der Waals surface area contributed by atoms with Gasteiger partial charge in [-0.3, -0.25) is 14.8 Å². The van der Waals surface area contributed by atoms with Gasteiger partial charge in [-0.25, -0.2) is 9.37 Å². The first-order chi connectivity index (χ1) is 12.7. The van der Waals surface area contributed by atoms with Gasteiger partial charge in [-0.05, 0) is 43.6 Å².